The van der Waals surface area contributed by atoms with Gasteiger partial charge in [0.2, 0.25) is 0 Å². The average molecular weight is 596 g/mol. The lowest BCUT2D eigenvalue weighted by Gasteiger charge is -2.13. The number of guanidine groups is 1. The maximum Gasteiger partial charge on any atom is 0.333 e. The number of aryl methyl sites for hydroxylation is 1. The second-order valence-electron chi connectivity index (χ2n) is 9.07. The second kappa shape index (κ2) is 18.5. The van der Waals surface area contributed by atoms with Crippen molar-refractivity contribution in [1.82, 2.24) is 5.32 Å². The van der Waals surface area contributed by atoms with Crippen LogP contribution in [0, 0.1) is 5.41 Å². The highest BCUT2D eigenvalue weighted by Gasteiger charge is 2.17. The van der Waals surface area contributed by atoms with E-state index < -0.39 is 34.2 Å². The number of carboxylic acid groups (broad SMARTS) is 2. The van der Waals surface area contributed by atoms with Crippen LogP contribution in [0.5, 0.6) is 5.75 Å². The van der Waals surface area contributed by atoms with E-state index in [-0.39, 0.29) is 5.96 Å². The molecule has 41 heavy (non-hydrogen) atoms. The van der Waals surface area contributed by atoms with Gasteiger partial charge >= 0.3 is 22.1 Å². The molecule has 13 nitrogen and oxygen atoms in total. The summed E-state index contributed by atoms with van der Waals surface area (Å²) >= 11 is 0. The normalized spacial score (nSPS) is 12.3. The first kappa shape index (κ1) is 35.1. The van der Waals surface area contributed by atoms with Crippen molar-refractivity contribution >= 4 is 33.7 Å². The Morgan fingerprint density at radius 1 is 0.976 bits per heavy atom. The number of hydrogen-bond donors (Lipinski definition) is 7. The molecule has 0 heterocycles. The number of ether oxygens (including phenoxy) is 1. The lowest BCUT2D eigenvalue weighted by atomic mass is 10.1. The van der Waals surface area contributed by atoms with Gasteiger partial charge in [0.25, 0.3) is 0 Å². The lowest BCUT2D eigenvalue weighted by Crippen LogP contribution is -2.34. The summed E-state index contributed by atoms with van der Waals surface area (Å²) in [6.45, 7) is 3.40. The van der Waals surface area contributed by atoms with Gasteiger partial charge in [0.05, 0.1) is 6.26 Å². The van der Waals surface area contributed by atoms with Gasteiger partial charge < -0.3 is 41.2 Å². The summed E-state index contributed by atoms with van der Waals surface area (Å²) in [5.41, 5.74) is 13.2. The van der Waals surface area contributed by atoms with Crippen LogP contribution in [-0.4, -0.2) is 74.6 Å². The highest BCUT2D eigenvalue weighted by molar-refractivity contribution is 7.86. The molecule has 0 saturated heterocycles. The third-order valence-corrected chi connectivity index (χ3v) is 5.98. The van der Waals surface area contributed by atoms with E-state index in [1.54, 1.807) is 19.1 Å². The van der Waals surface area contributed by atoms with Gasteiger partial charge in [-0.25, -0.2) is 4.79 Å². The Balaban J connectivity index is 0.000000590. The molecule has 0 aromatic heterocycles. The topological polar surface area (TPSA) is 227 Å². The van der Waals surface area contributed by atoms with Crippen molar-refractivity contribution in [3.05, 3.63) is 59.7 Å². The van der Waals surface area contributed by atoms with Gasteiger partial charge in [0.15, 0.2) is 12.1 Å². The third-order valence-electron chi connectivity index (χ3n) is 5.49. The summed E-state index contributed by atoms with van der Waals surface area (Å²) in [4.78, 5) is 21.4. The minimum absolute atomic E-state index is 0.112. The molecule has 2 aromatic rings. The Morgan fingerprint density at radius 2 is 1.59 bits per heavy atom. The van der Waals surface area contributed by atoms with E-state index >= 15 is 0 Å². The first-order chi connectivity index (χ1) is 19.3. The van der Waals surface area contributed by atoms with Crippen LogP contribution in [0.2, 0.25) is 0 Å². The smallest absolute Gasteiger partial charge is 0.333 e. The van der Waals surface area contributed by atoms with Crippen molar-refractivity contribution < 1.29 is 37.1 Å². The second-order valence-corrected chi connectivity index (χ2v) is 10.6. The molecule has 228 valence electrons. The van der Waals surface area contributed by atoms with Crippen LogP contribution in [-0.2, 0) is 37.3 Å². The molecule has 0 amide bonds. The molecule has 2 atom stereocenters. The first-order valence-electron chi connectivity index (χ1n) is 13.0. The van der Waals surface area contributed by atoms with Gasteiger partial charge in [-0.05, 0) is 68.0 Å². The summed E-state index contributed by atoms with van der Waals surface area (Å²) in [6.07, 6.45) is 3.25. The Labute approximate surface area is 240 Å². The zero-order valence-corrected chi connectivity index (χ0v) is 24.2. The molecular weight excluding hydrogens is 554 g/mol. The number of anilines is 1. The van der Waals surface area contributed by atoms with Crippen molar-refractivity contribution in [2.75, 3.05) is 31.3 Å². The van der Waals surface area contributed by atoms with Gasteiger partial charge in [-0.2, -0.15) is 8.42 Å². The van der Waals surface area contributed by atoms with Crippen LogP contribution < -0.4 is 26.3 Å². The molecule has 0 radical (unpaired) electrons. The molecule has 0 saturated carbocycles. The number of carbonyl (C=O) groups is 2. The minimum atomic E-state index is -3.50. The van der Waals surface area contributed by atoms with E-state index in [2.05, 4.69) is 10.6 Å². The lowest BCUT2D eigenvalue weighted by molar-refractivity contribution is -0.150. The van der Waals surface area contributed by atoms with E-state index in [9.17, 15) is 18.0 Å². The number of nitrogens with two attached hydrogens (primary N) is 2. The quantitative estimate of drug-likeness (QED) is 0.0601. The van der Waals surface area contributed by atoms with Crippen molar-refractivity contribution in [3.8, 4) is 5.75 Å². The fourth-order valence-electron chi connectivity index (χ4n) is 3.47. The third kappa shape index (κ3) is 16.7. The minimum Gasteiger partial charge on any atom is -0.480 e. The van der Waals surface area contributed by atoms with Crippen molar-refractivity contribution in [1.29, 1.82) is 5.41 Å². The van der Waals surface area contributed by atoms with Crippen LogP contribution in [0.3, 0.4) is 0 Å². The Bertz CT molecular complexity index is 1190. The SMILES string of the molecule is CCOC(Cc1ccc(NCCCc2ccc(OS(C)(=O)=O)cc2)cc1)C(=O)O.N=C(N)NCCC[C@H](N)C(=O)O. The molecule has 0 aliphatic rings. The van der Waals surface area contributed by atoms with Gasteiger partial charge in [-0.1, -0.05) is 24.3 Å². The number of rotatable bonds is 17. The molecule has 2 aromatic carbocycles. The van der Waals surface area contributed by atoms with Crippen LogP contribution in [0.4, 0.5) is 5.69 Å². The molecule has 0 fully saturated rings. The highest BCUT2D eigenvalue weighted by Crippen LogP contribution is 2.16. The molecule has 0 spiro atoms. The number of aliphatic carboxylic acids is 2. The maximum atomic E-state index is 11.2. The van der Waals surface area contributed by atoms with Crippen molar-refractivity contribution in [2.24, 2.45) is 11.5 Å². The summed E-state index contributed by atoms with van der Waals surface area (Å²) in [6, 6.07) is 13.8. The zero-order chi connectivity index (χ0) is 30.8. The van der Waals surface area contributed by atoms with Crippen molar-refractivity contribution in [3.63, 3.8) is 0 Å². The van der Waals surface area contributed by atoms with Crippen molar-refractivity contribution in [2.45, 2.75) is 51.2 Å². The summed E-state index contributed by atoms with van der Waals surface area (Å²) in [5, 5.41) is 30.2. The van der Waals surface area contributed by atoms with Crippen LogP contribution >= 0.6 is 0 Å². The van der Waals surface area contributed by atoms with Crippen LogP contribution in [0.1, 0.15) is 37.3 Å². The maximum absolute atomic E-state index is 11.2. The number of carboxylic acids is 2. The van der Waals surface area contributed by atoms with Crippen LogP contribution in [0.25, 0.3) is 0 Å². The molecule has 1 unspecified atom stereocenters. The summed E-state index contributed by atoms with van der Waals surface area (Å²) in [5.74, 6) is -1.76. The fourth-order valence-corrected chi connectivity index (χ4v) is 3.93. The van der Waals surface area contributed by atoms with Gasteiger partial charge in [-0.3, -0.25) is 10.2 Å². The molecule has 0 aliphatic carbocycles. The molecule has 9 N–H and O–H groups in total. The van der Waals surface area contributed by atoms with Gasteiger partial charge in [0.1, 0.15) is 11.8 Å². The van der Waals surface area contributed by atoms with E-state index in [0.717, 1.165) is 42.5 Å². The van der Waals surface area contributed by atoms with E-state index in [1.165, 1.54) is 0 Å². The average Bonchev–Trinajstić information content (AvgIpc) is 2.90. The number of hydrogen-bond acceptors (Lipinski definition) is 9. The zero-order valence-electron chi connectivity index (χ0n) is 23.3. The largest absolute Gasteiger partial charge is 0.480 e. The van der Waals surface area contributed by atoms with E-state index in [0.29, 0.717) is 38.2 Å². The van der Waals surface area contributed by atoms with E-state index in [4.69, 9.17) is 36.0 Å². The predicted octanol–water partition coefficient (Wildman–Crippen LogP) is 1.76. The van der Waals surface area contributed by atoms with Gasteiger partial charge in [-0.15, -0.1) is 0 Å². The summed E-state index contributed by atoms with van der Waals surface area (Å²) in [7, 11) is -3.50. The highest BCUT2D eigenvalue weighted by atomic mass is 32.2. The first-order valence-corrected chi connectivity index (χ1v) is 14.8. The summed E-state index contributed by atoms with van der Waals surface area (Å²) < 4.78 is 32.3. The molecule has 0 bridgehead atoms. The predicted molar refractivity (Wildman–Crippen MR) is 157 cm³/mol. The van der Waals surface area contributed by atoms with Crippen LogP contribution in [0.15, 0.2) is 48.5 Å². The monoisotopic (exact) mass is 595 g/mol. The number of nitrogens with one attached hydrogen (secondary N) is 3. The Hall–Kier alpha value is -3.88. The van der Waals surface area contributed by atoms with E-state index in [1.807, 2.05) is 36.4 Å². The Kier molecular flexibility index (Phi) is 15.8. The molecule has 14 heteroatoms. The molecular formula is C27H41N5O8S. The standard InChI is InChI=1S/C21H27NO6S.C6H14N4O2/c1-3-27-20(21(23)24)15-17-6-10-18(11-7-17)22-14-4-5-16-8-12-19(13-9-16)28-29(2,25)26;7-4(5(11)12)2-1-3-10-6(8)9/h6-13,20,22H,3-5,14-15H2,1-2H3,(H,23,24);4H,1-3,7H2,(H,11,12)(H4,8,9,10)/t;4-/m.0/s1. The molecule has 0 aliphatic heterocycles. The fraction of sp³-hybridized carbons (Fsp3) is 0.444. The van der Waals surface area contributed by atoms with Gasteiger partial charge in [0, 0.05) is 31.8 Å². The molecule has 2 rings (SSSR count). The Morgan fingerprint density at radius 3 is 2.10 bits per heavy atom. The number of benzene rings is 2.